The number of non-ortho nitro benzene ring substituents is 1. The zero-order valence-electron chi connectivity index (χ0n) is 11.9. The van der Waals surface area contributed by atoms with E-state index in [0.717, 1.165) is 6.42 Å². The molecule has 0 aliphatic heterocycles. The van der Waals surface area contributed by atoms with Crippen molar-refractivity contribution < 1.29 is 15.1 Å². The van der Waals surface area contributed by atoms with Gasteiger partial charge in [-0.25, -0.2) is 0 Å². The highest BCUT2D eigenvalue weighted by Gasteiger charge is 2.19. The third-order valence-corrected chi connectivity index (χ3v) is 3.12. The van der Waals surface area contributed by atoms with Crippen molar-refractivity contribution in [3.05, 3.63) is 39.9 Å². The zero-order chi connectivity index (χ0) is 15.2. The van der Waals surface area contributed by atoms with Gasteiger partial charge in [0.05, 0.1) is 16.6 Å². The van der Waals surface area contributed by atoms with Crippen molar-refractivity contribution in [3.8, 4) is 0 Å². The second kappa shape index (κ2) is 7.33. The lowest BCUT2D eigenvalue weighted by Gasteiger charge is -2.24. The molecule has 0 saturated heterocycles. The Morgan fingerprint density at radius 2 is 2.00 bits per heavy atom. The minimum absolute atomic E-state index is 0.000196. The van der Waals surface area contributed by atoms with Crippen LogP contribution in [0.5, 0.6) is 0 Å². The van der Waals surface area contributed by atoms with Gasteiger partial charge in [0.1, 0.15) is 0 Å². The van der Waals surface area contributed by atoms with E-state index in [9.17, 15) is 20.3 Å². The van der Waals surface area contributed by atoms with Crippen LogP contribution >= 0.6 is 0 Å². The lowest BCUT2D eigenvalue weighted by Crippen LogP contribution is -2.39. The lowest BCUT2D eigenvalue weighted by molar-refractivity contribution is -0.384. The lowest BCUT2D eigenvalue weighted by atomic mass is 10.0. The second-order valence-electron chi connectivity index (χ2n) is 5.24. The van der Waals surface area contributed by atoms with Gasteiger partial charge in [0.15, 0.2) is 0 Å². The molecule has 20 heavy (non-hydrogen) atoms. The highest BCUT2D eigenvalue weighted by atomic mass is 16.6. The van der Waals surface area contributed by atoms with E-state index in [-0.39, 0.29) is 12.2 Å². The maximum absolute atomic E-state index is 10.5. The summed E-state index contributed by atoms with van der Waals surface area (Å²) in [6.07, 6.45) is 0.820. The maximum Gasteiger partial charge on any atom is 0.269 e. The van der Waals surface area contributed by atoms with Gasteiger partial charge in [-0.3, -0.25) is 10.1 Å². The Morgan fingerprint density at radius 3 is 2.50 bits per heavy atom. The van der Waals surface area contributed by atoms with E-state index in [2.05, 4.69) is 5.32 Å². The molecule has 0 spiro atoms. The Morgan fingerprint density at radius 1 is 1.40 bits per heavy atom. The number of nitrogens with one attached hydrogen (secondary N) is 1. The normalized spacial score (nSPS) is 15.6. The van der Waals surface area contributed by atoms with Gasteiger partial charge in [0.2, 0.25) is 0 Å². The average molecular weight is 282 g/mol. The van der Waals surface area contributed by atoms with Gasteiger partial charge in [0, 0.05) is 25.2 Å². The third-order valence-electron chi connectivity index (χ3n) is 3.12. The van der Waals surface area contributed by atoms with Crippen LogP contribution in [0, 0.1) is 10.1 Å². The summed E-state index contributed by atoms with van der Waals surface area (Å²) in [4.78, 5) is 10.1. The van der Waals surface area contributed by atoms with Crippen molar-refractivity contribution in [1.29, 1.82) is 0 Å². The molecule has 0 aliphatic rings. The highest BCUT2D eigenvalue weighted by Crippen LogP contribution is 2.17. The van der Waals surface area contributed by atoms with Crippen LogP contribution in [-0.4, -0.2) is 33.8 Å². The summed E-state index contributed by atoms with van der Waals surface area (Å²) in [5.41, 5.74) is -0.178. The minimum Gasteiger partial charge on any atom is -0.389 e. The van der Waals surface area contributed by atoms with Crippen molar-refractivity contribution >= 4 is 5.69 Å². The topological polar surface area (TPSA) is 95.6 Å². The first-order chi connectivity index (χ1) is 9.35. The fourth-order valence-electron chi connectivity index (χ4n) is 2.04. The van der Waals surface area contributed by atoms with Crippen molar-refractivity contribution in [2.75, 3.05) is 13.1 Å². The number of hydrogen-bond donors (Lipinski definition) is 3. The molecular formula is C14H22N2O4. The van der Waals surface area contributed by atoms with E-state index in [4.69, 9.17) is 0 Å². The number of aliphatic hydroxyl groups is 2. The summed E-state index contributed by atoms with van der Waals surface area (Å²) >= 11 is 0. The minimum atomic E-state index is -0.788. The van der Waals surface area contributed by atoms with Gasteiger partial charge in [-0.15, -0.1) is 0 Å². The Labute approximate surface area is 118 Å². The predicted molar refractivity (Wildman–Crippen MR) is 76.5 cm³/mol. The molecule has 112 valence electrons. The van der Waals surface area contributed by atoms with Crippen LogP contribution in [-0.2, 0) is 0 Å². The molecule has 0 radical (unpaired) electrons. The number of nitro groups is 1. The van der Waals surface area contributed by atoms with Gasteiger partial charge in [0.25, 0.3) is 5.69 Å². The molecule has 1 aromatic carbocycles. The average Bonchev–Trinajstić information content (AvgIpc) is 2.38. The molecule has 0 aliphatic carbocycles. The smallest absolute Gasteiger partial charge is 0.269 e. The summed E-state index contributed by atoms with van der Waals surface area (Å²) in [5, 5.41) is 33.5. The summed E-state index contributed by atoms with van der Waals surface area (Å²) < 4.78 is 0. The summed E-state index contributed by atoms with van der Waals surface area (Å²) in [6, 6.07) is 5.81. The molecule has 1 aromatic rings. The van der Waals surface area contributed by atoms with Crippen molar-refractivity contribution in [2.24, 2.45) is 0 Å². The quantitative estimate of drug-likeness (QED) is 0.499. The standard InChI is InChI=1S/C14H22N2O4/c1-3-8-14(2,18)10-15-9-13(17)11-4-6-12(7-5-11)16(19)20/h4-7,13,15,17-18H,3,8-10H2,1-2H3. The Bertz CT molecular complexity index is 431. The van der Waals surface area contributed by atoms with Gasteiger partial charge >= 0.3 is 0 Å². The predicted octanol–water partition coefficient (Wildman–Crippen LogP) is 1.77. The van der Waals surface area contributed by atoms with E-state index < -0.39 is 16.6 Å². The van der Waals surface area contributed by atoms with E-state index in [0.29, 0.717) is 18.5 Å². The third kappa shape index (κ3) is 5.24. The molecule has 6 nitrogen and oxygen atoms in total. The van der Waals surface area contributed by atoms with Crippen LogP contribution in [0.15, 0.2) is 24.3 Å². The van der Waals surface area contributed by atoms with Gasteiger partial charge in [-0.2, -0.15) is 0 Å². The summed E-state index contributed by atoms with van der Waals surface area (Å²) in [5.74, 6) is 0. The zero-order valence-corrected chi connectivity index (χ0v) is 11.9. The first kappa shape index (κ1) is 16.6. The molecule has 6 heteroatoms. The van der Waals surface area contributed by atoms with Crippen LogP contribution in [0.1, 0.15) is 38.4 Å². The number of aliphatic hydroxyl groups excluding tert-OH is 1. The fraction of sp³-hybridized carbons (Fsp3) is 0.571. The van der Waals surface area contributed by atoms with E-state index in [1.54, 1.807) is 6.92 Å². The Kier molecular flexibility index (Phi) is 6.06. The molecule has 0 bridgehead atoms. The van der Waals surface area contributed by atoms with Gasteiger partial charge < -0.3 is 15.5 Å². The molecule has 2 unspecified atom stereocenters. The number of nitrogens with zero attached hydrogens (tertiary/aromatic N) is 1. The summed E-state index contributed by atoms with van der Waals surface area (Å²) in [6.45, 7) is 4.44. The molecule has 0 saturated carbocycles. The van der Waals surface area contributed by atoms with Crippen LogP contribution < -0.4 is 5.32 Å². The largest absolute Gasteiger partial charge is 0.389 e. The number of benzene rings is 1. The van der Waals surface area contributed by atoms with Gasteiger partial charge in [-0.1, -0.05) is 13.3 Å². The van der Waals surface area contributed by atoms with E-state index >= 15 is 0 Å². The summed E-state index contributed by atoms with van der Waals surface area (Å²) in [7, 11) is 0. The Hall–Kier alpha value is -1.50. The number of rotatable bonds is 8. The molecular weight excluding hydrogens is 260 g/mol. The van der Waals surface area contributed by atoms with E-state index in [1.165, 1.54) is 24.3 Å². The van der Waals surface area contributed by atoms with Crippen molar-refractivity contribution in [2.45, 2.75) is 38.4 Å². The van der Waals surface area contributed by atoms with Crippen LogP contribution in [0.4, 0.5) is 5.69 Å². The molecule has 1 rings (SSSR count). The number of hydrogen-bond acceptors (Lipinski definition) is 5. The monoisotopic (exact) mass is 282 g/mol. The van der Waals surface area contributed by atoms with Crippen LogP contribution in [0.25, 0.3) is 0 Å². The molecule has 0 amide bonds. The maximum atomic E-state index is 10.5. The second-order valence-corrected chi connectivity index (χ2v) is 5.24. The molecule has 0 heterocycles. The van der Waals surface area contributed by atoms with Crippen molar-refractivity contribution in [3.63, 3.8) is 0 Å². The van der Waals surface area contributed by atoms with Gasteiger partial charge in [-0.05, 0) is 31.0 Å². The van der Waals surface area contributed by atoms with Crippen molar-refractivity contribution in [1.82, 2.24) is 5.32 Å². The molecule has 3 N–H and O–H groups in total. The van der Waals surface area contributed by atoms with E-state index in [1.807, 2.05) is 6.92 Å². The fourth-order valence-corrected chi connectivity index (χ4v) is 2.04. The first-order valence-corrected chi connectivity index (χ1v) is 6.71. The number of nitro benzene ring substituents is 1. The van der Waals surface area contributed by atoms with Crippen LogP contribution in [0.3, 0.4) is 0 Å². The van der Waals surface area contributed by atoms with Crippen LogP contribution in [0.2, 0.25) is 0 Å². The molecule has 0 aromatic heterocycles. The first-order valence-electron chi connectivity index (χ1n) is 6.71. The Balaban J connectivity index is 2.46. The molecule has 0 fully saturated rings. The highest BCUT2D eigenvalue weighted by molar-refractivity contribution is 5.33. The molecule has 2 atom stereocenters. The SMILES string of the molecule is CCCC(C)(O)CNCC(O)c1ccc([N+](=O)[O-])cc1.